The zero-order chi connectivity index (χ0) is 24.2. The van der Waals surface area contributed by atoms with Crippen LogP contribution in [0.2, 0.25) is 0 Å². The number of alkyl carbamates (subject to hydrolysis) is 1. The number of ether oxygens (including phenoxy) is 1. The minimum atomic E-state index is -0.733. The Hall–Kier alpha value is -3.26. The average molecular weight is 470 g/mol. The van der Waals surface area contributed by atoms with Crippen LogP contribution in [0.4, 0.5) is 13.6 Å². The Balaban J connectivity index is 1.57. The van der Waals surface area contributed by atoms with Crippen LogP contribution in [0, 0.1) is 17.6 Å². The van der Waals surface area contributed by atoms with Crippen molar-refractivity contribution in [3.63, 3.8) is 0 Å². The SMILES string of the molecule is CN(C)CCOC(=O)N[C@H](C(=O)N1CC(c2cc(F)ccc2F)=C[C@H]1c1ccccc1)C1CC1. The van der Waals surface area contributed by atoms with E-state index in [9.17, 15) is 18.4 Å². The molecule has 2 amide bonds. The van der Waals surface area contributed by atoms with Gasteiger partial charge >= 0.3 is 6.09 Å². The van der Waals surface area contributed by atoms with Crippen LogP contribution in [-0.4, -0.2) is 61.6 Å². The predicted molar refractivity (Wildman–Crippen MR) is 125 cm³/mol. The van der Waals surface area contributed by atoms with Crippen LogP contribution in [0.3, 0.4) is 0 Å². The van der Waals surface area contributed by atoms with Crippen molar-refractivity contribution in [1.29, 1.82) is 0 Å². The summed E-state index contributed by atoms with van der Waals surface area (Å²) in [5.41, 5.74) is 1.52. The topological polar surface area (TPSA) is 61.9 Å². The van der Waals surface area contributed by atoms with Crippen LogP contribution in [0.25, 0.3) is 5.57 Å². The highest BCUT2D eigenvalue weighted by molar-refractivity contribution is 5.90. The average Bonchev–Trinajstić information content (AvgIpc) is 3.56. The van der Waals surface area contributed by atoms with Gasteiger partial charge in [-0.05, 0) is 62.2 Å². The van der Waals surface area contributed by atoms with Crippen LogP contribution < -0.4 is 5.32 Å². The molecule has 2 aromatic carbocycles. The van der Waals surface area contributed by atoms with E-state index < -0.39 is 29.8 Å². The van der Waals surface area contributed by atoms with E-state index in [1.54, 1.807) is 11.0 Å². The highest BCUT2D eigenvalue weighted by Gasteiger charge is 2.43. The van der Waals surface area contributed by atoms with E-state index in [1.807, 2.05) is 49.3 Å². The quantitative estimate of drug-likeness (QED) is 0.635. The lowest BCUT2D eigenvalue weighted by atomic mass is 10.0. The molecule has 4 rings (SSSR count). The van der Waals surface area contributed by atoms with Gasteiger partial charge in [-0.25, -0.2) is 13.6 Å². The number of benzene rings is 2. The largest absolute Gasteiger partial charge is 0.448 e. The maximum atomic E-state index is 14.5. The molecular weight excluding hydrogens is 440 g/mol. The van der Waals surface area contributed by atoms with Crippen LogP contribution >= 0.6 is 0 Å². The second-order valence-electron chi connectivity index (χ2n) is 9.04. The van der Waals surface area contributed by atoms with Gasteiger partial charge in [-0.1, -0.05) is 36.4 Å². The summed E-state index contributed by atoms with van der Waals surface area (Å²) in [6, 6.07) is 11.5. The van der Waals surface area contributed by atoms with Gasteiger partial charge < -0.3 is 19.9 Å². The number of hydrogen-bond donors (Lipinski definition) is 1. The highest BCUT2D eigenvalue weighted by atomic mass is 19.1. The molecule has 34 heavy (non-hydrogen) atoms. The Morgan fingerprint density at radius 3 is 2.56 bits per heavy atom. The Labute approximate surface area is 198 Å². The van der Waals surface area contributed by atoms with Gasteiger partial charge in [-0.2, -0.15) is 0 Å². The van der Waals surface area contributed by atoms with Crippen LogP contribution in [0.5, 0.6) is 0 Å². The Bertz CT molecular complexity index is 1070. The second-order valence-corrected chi connectivity index (χ2v) is 9.04. The number of hydrogen-bond acceptors (Lipinski definition) is 4. The summed E-state index contributed by atoms with van der Waals surface area (Å²) < 4.78 is 33.6. The zero-order valence-corrected chi connectivity index (χ0v) is 19.3. The summed E-state index contributed by atoms with van der Waals surface area (Å²) in [6.07, 6.45) is 2.82. The first-order valence-electron chi connectivity index (χ1n) is 11.4. The fourth-order valence-electron chi connectivity index (χ4n) is 4.15. The summed E-state index contributed by atoms with van der Waals surface area (Å²) in [7, 11) is 3.75. The Kier molecular flexibility index (Phi) is 7.26. The lowest BCUT2D eigenvalue weighted by Crippen LogP contribution is -2.50. The molecule has 1 heterocycles. The van der Waals surface area contributed by atoms with Gasteiger partial charge in [-0.15, -0.1) is 0 Å². The van der Waals surface area contributed by atoms with E-state index in [-0.39, 0.29) is 30.5 Å². The molecule has 0 radical (unpaired) electrons. The Morgan fingerprint density at radius 1 is 1.15 bits per heavy atom. The van der Waals surface area contributed by atoms with Gasteiger partial charge in [0.25, 0.3) is 0 Å². The van der Waals surface area contributed by atoms with E-state index in [2.05, 4.69) is 5.32 Å². The lowest BCUT2D eigenvalue weighted by molar-refractivity contribution is -0.134. The van der Waals surface area contributed by atoms with E-state index in [0.29, 0.717) is 12.1 Å². The number of nitrogens with one attached hydrogen (secondary N) is 1. The van der Waals surface area contributed by atoms with Crippen molar-refractivity contribution < 1.29 is 23.1 Å². The molecule has 6 nitrogen and oxygen atoms in total. The predicted octanol–water partition coefficient (Wildman–Crippen LogP) is 4.00. The summed E-state index contributed by atoms with van der Waals surface area (Å²) in [5, 5.41) is 2.75. The van der Waals surface area contributed by atoms with Crippen molar-refractivity contribution in [2.45, 2.75) is 24.9 Å². The molecule has 2 aliphatic rings. The van der Waals surface area contributed by atoms with Crippen LogP contribution in [0.15, 0.2) is 54.6 Å². The van der Waals surface area contributed by atoms with Gasteiger partial charge in [-0.3, -0.25) is 4.79 Å². The summed E-state index contributed by atoms with van der Waals surface area (Å²) in [5.74, 6) is -1.32. The van der Waals surface area contributed by atoms with Crippen molar-refractivity contribution in [2.75, 3.05) is 33.8 Å². The number of nitrogens with zero attached hydrogens (tertiary/aromatic N) is 2. The number of amides is 2. The smallest absolute Gasteiger partial charge is 0.407 e. The third-order valence-corrected chi connectivity index (χ3v) is 6.14. The van der Waals surface area contributed by atoms with Gasteiger partial charge in [0.05, 0.1) is 6.04 Å². The number of carbonyl (C=O) groups excluding carboxylic acids is 2. The molecule has 0 spiro atoms. The summed E-state index contributed by atoms with van der Waals surface area (Å²) >= 11 is 0. The number of rotatable bonds is 8. The molecular formula is C26H29F2N3O3. The third-order valence-electron chi connectivity index (χ3n) is 6.14. The van der Waals surface area contributed by atoms with E-state index in [0.717, 1.165) is 36.6 Å². The first-order chi connectivity index (χ1) is 16.3. The van der Waals surface area contributed by atoms with E-state index in [4.69, 9.17) is 4.74 Å². The summed E-state index contributed by atoms with van der Waals surface area (Å²) in [6.45, 7) is 0.898. The monoisotopic (exact) mass is 469 g/mol. The van der Waals surface area contributed by atoms with Gasteiger partial charge in [0.1, 0.15) is 24.3 Å². The minimum absolute atomic E-state index is 0.0280. The molecule has 8 heteroatoms. The molecule has 2 aromatic rings. The fourth-order valence-corrected chi connectivity index (χ4v) is 4.15. The van der Waals surface area contributed by atoms with Gasteiger partial charge in [0, 0.05) is 18.7 Å². The van der Waals surface area contributed by atoms with Crippen molar-refractivity contribution in [3.8, 4) is 0 Å². The molecule has 180 valence electrons. The standard InChI is InChI=1S/C26H29F2N3O3/c1-30(2)12-13-34-26(33)29-24(18-8-9-18)25(32)31-16-19(21-15-20(27)10-11-22(21)28)14-23(31)17-6-4-3-5-7-17/h3-7,10-11,14-15,18,23-24H,8-9,12-13,16H2,1-2H3,(H,29,33)/t23-,24-/m0/s1. The van der Waals surface area contributed by atoms with Crippen molar-refractivity contribution >= 4 is 17.6 Å². The molecule has 1 aliphatic heterocycles. The number of halogens is 2. The number of carbonyl (C=O) groups is 2. The third kappa shape index (κ3) is 5.62. The molecule has 1 fully saturated rings. The molecule has 0 aromatic heterocycles. The molecule has 0 bridgehead atoms. The lowest BCUT2D eigenvalue weighted by Gasteiger charge is -2.29. The summed E-state index contributed by atoms with van der Waals surface area (Å²) in [4.78, 5) is 29.6. The molecule has 0 saturated heterocycles. The van der Waals surface area contributed by atoms with Crippen molar-refractivity contribution in [3.05, 3.63) is 77.4 Å². The normalized spacial score (nSPS) is 18.6. The second kappa shape index (κ2) is 10.3. The van der Waals surface area contributed by atoms with E-state index in [1.165, 1.54) is 0 Å². The van der Waals surface area contributed by atoms with Crippen LogP contribution in [-0.2, 0) is 9.53 Å². The fraction of sp³-hybridized carbons (Fsp3) is 0.385. The minimum Gasteiger partial charge on any atom is -0.448 e. The van der Waals surface area contributed by atoms with Crippen molar-refractivity contribution in [1.82, 2.24) is 15.1 Å². The molecule has 0 unspecified atom stereocenters. The maximum Gasteiger partial charge on any atom is 0.407 e. The molecule has 1 N–H and O–H groups in total. The number of likely N-dealkylation sites (N-methyl/N-ethyl adjacent to an activating group) is 1. The van der Waals surface area contributed by atoms with Gasteiger partial charge in [0.15, 0.2) is 0 Å². The maximum absolute atomic E-state index is 14.5. The van der Waals surface area contributed by atoms with E-state index >= 15 is 0 Å². The molecule has 2 atom stereocenters. The zero-order valence-electron chi connectivity index (χ0n) is 19.3. The highest BCUT2D eigenvalue weighted by Crippen LogP contribution is 2.39. The van der Waals surface area contributed by atoms with Crippen molar-refractivity contribution in [2.24, 2.45) is 5.92 Å². The first kappa shape index (κ1) is 23.9. The van der Waals surface area contributed by atoms with Crippen LogP contribution in [0.1, 0.15) is 30.0 Å². The van der Waals surface area contributed by atoms with Gasteiger partial charge in [0.2, 0.25) is 5.91 Å². The first-order valence-corrected chi connectivity index (χ1v) is 11.4. The Morgan fingerprint density at radius 2 is 1.88 bits per heavy atom. The molecule has 1 aliphatic carbocycles. The molecule has 1 saturated carbocycles.